The van der Waals surface area contributed by atoms with Crippen molar-refractivity contribution in [2.45, 2.75) is 13.5 Å². The second-order valence-corrected chi connectivity index (χ2v) is 6.70. The van der Waals surface area contributed by atoms with Gasteiger partial charge < -0.3 is 4.90 Å². The average Bonchev–Trinajstić information content (AvgIpc) is 2.92. The van der Waals surface area contributed by atoms with Crippen molar-refractivity contribution in [3.8, 4) is 0 Å². The number of nitrogens with zero attached hydrogens (tertiary/aromatic N) is 2. The van der Waals surface area contributed by atoms with E-state index in [2.05, 4.69) is 4.99 Å². The molecule has 1 amide bonds. The Kier molecular flexibility index (Phi) is 4.31. The predicted molar refractivity (Wildman–Crippen MR) is 106 cm³/mol. The third-order valence-corrected chi connectivity index (χ3v) is 4.88. The van der Waals surface area contributed by atoms with E-state index >= 15 is 0 Å². The summed E-state index contributed by atoms with van der Waals surface area (Å²) in [4.78, 5) is 19.5. The Morgan fingerprint density at radius 3 is 2.46 bits per heavy atom. The molecule has 1 heterocycles. The van der Waals surface area contributed by atoms with Gasteiger partial charge in [0, 0.05) is 10.6 Å². The lowest BCUT2D eigenvalue weighted by molar-refractivity contribution is -0.112. The molecule has 0 saturated carbocycles. The van der Waals surface area contributed by atoms with Gasteiger partial charge >= 0.3 is 0 Å². The van der Waals surface area contributed by atoms with Crippen LogP contribution in [0.2, 0.25) is 5.02 Å². The molecule has 4 heteroatoms. The van der Waals surface area contributed by atoms with E-state index in [9.17, 15) is 4.79 Å². The number of fused-ring (bicyclic) bond motifs is 1. The molecule has 1 aliphatic rings. The van der Waals surface area contributed by atoms with Gasteiger partial charge in [-0.15, -0.1) is 0 Å². The van der Waals surface area contributed by atoms with Gasteiger partial charge in [-0.2, -0.15) is 0 Å². The van der Waals surface area contributed by atoms with Crippen LogP contribution >= 0.6 is 11.6 Å². The zero-order valence-electron chi connectivity index (χ0n) is 14.3. The molecule has 0 saturated heterocycles. The van der Waals surface area contributed by atoms with Crippen molar-refractivity contribution in [3.05, 3.63) is 94.5 Å². The third-order valence-electron chi connectivity index (χ3n) is 4.48. The summed E-state index contributed by atoms with van der Waals surface area (Å²) in [7, 11) is 0. The molecule has 0 unspecified atom stereocenters. The summed E-state index contributed by atoms with van der Waals surface area (Å²) in [6.45, 7) is 2.46. The molecule has 0 aliphatic carbocycles. The summed E-state index contributed by atoms with van der Waals surface area (Å²) in [6, 6.07) is 23.3. The highest BCUT2D eigenvalue weighted by atomic mass is 35.5. The lowest BCUT2D eigenvalue weighted by Gasteiger charge is -2.16. The van der Waals surface area contributed by atoms with Crippen LogP contribution in [-0.2, 0) is 11.3 Å². The number of halogens is 1. The summed E-state index contributed by atoms with van der Waals surface area (Å²) in [5, 5.41) is 0.645. The Morgan fingerprint density at radius 1 is 0.962 bits per heavy atom. The fourth-order valence-corrected chi connectivity index (χ4v) is 3.25. The highest BCUT2D eigenvalue weighted by Gasteiger charge is 2.33. The minimum atomic E-state index is -0.0910. The van der Waals surface area contributed by atoms with Crippen LogP contribution in [0.4, 0.5) is 11.4 Å². The fourth-order valence-electron chi connectivity index (χ4n) is 3.07. The van der Waals surface area contributed by atoms with Crippen LogP contribution in [0, 0.1) is 6.92 Å². The van der Waals surface area contributed by atoms with E-state index < -0.39 is 0 Å². The number of para-hydroxylation sites is 1. The summed E-state index contributed by atoms with van der Waals surface area (Å²) in [6.07, 6.45) is 0. The standard InChI is InChI=1S/C22H17ClN2O/c1-15-11-12-17(13-19(15)23)24-21-18-9-5-6-10-20(18)25(22(21)26)14-16-7-3-2-4-8-16/h2-13H,14H2,1H3. The second-order valence-electron chi connectivity index (χ2n) is 6.29. The molecule has 0 bridgehead atoms. The molecule has 0 N–H and O–H groups in total. The van der Waals surface area contributed by atoms with Crippen molar-refractivity contribution in [1.29, 1.82) is 0 Å². The van der Waals surface area contributed by atoms with E-state index in [0.717, 1.165) is 22.4 Å². The van der Waals surface area contributed by atoms with E-state index in [0.29, 0.717) is 23.0 Å². The molecule has 3 aromatic rings. The number of aryl methyl sites for hydroxylation is 1. The number of aliphatic imine (C=N–C) groups is 1. The maximum atomic E-state index is 13.1. The van der Waals surface area contributed by atoms with Crippen LogP contribution in [0.25, 0.3) is 0 Å². The molecule has 3 nitrogen and oxygen atoms in total. The molecule has 1 aliphatic heterocycles. The number of benzene rings is 3. The van der Waals surface area contributed by atoms with Crippen LogP contribution in [0.5, 0.6) is 0 Å². The van der Waals surface area contributed by atoms with Crippen LogP contribution in [0.15, 0.2) is 77.8 Å². The SMILES string of the molecule is Cc1ccc(N=C2C(=O)N(Cc3ccccc3)c3ccccc32)cc1Cl. The summed E-state index contributed by atoms with van der Waals surface area (Å²) in [5.41, 5.74) is 4.94. The molecule has 0 radical (unpaired) electrons. The molecular weight excluding hydrogens is 344 g/mol. The number of rotatable bonds is 3. The van der Waals surface area contributed by atoms with Crippen molar-refractivity contribution in [1.82, 2.24) is 0 Å². The third kappa shape index (κ3) is 3.02. The van der Waals surface area contributed by atoms with Crippen LogP contribution in [0.1, 0.15) is 16.7 Å². The monoisotopic (exact) mass is 360 g/mol. The maximum Gasteiger partial charge on any atom is 0.277 e. The Bertz CT molecular complexity index is 1010. The number of carbonyl (C=O) groups excluding carboxylic acids is 1. The van der Waals surface area contributed by atoms with Gasteiger partial charge in [0.25, 0.3) is 5.91 Å². The molecular formula is C22H17ClN2O. The van der Waals surface area contributed by atoms with Crippen molar-refractivity contribution in [3.63, 3.8) is 0 Å². The first-order chi connectivity index (χ1) is 12.6. The molecule has 128 valence electrons. The van der Waals surface area contributed by atoms with E-state index in [1.807, 2.05) is 73.7 Å². The van der Waals surface area contributed by atoms with Crippen molar-refractivity contribution in [2.75, 3.05) is 4.90 Å². The molecule has 26 heavy (non-hydrogen) atoms. The molecule has 0 spiro atoms. The Balaban J connectivity index is 1.76. The van der Waals surface area contributed by atoms with Crippen molar-refractivity contribution in [2.24, 2.45) is 4.99 Å². The van der Waals surface area contributed by atoms with Gasteiger partial charge in [0.1, 0.15) is 5.71 Å². The molecule has 4 rings (SSSR count). The first kappa shape index (κ1) is 16.6. The van der Waals surface area contributed by atoms with Gasteiger partial charge in [-0.05, 0) is 36.2 Å². The largest absolute Gasteiger partial charge is 0.302 e. The van der Waals surface area contributed by atoms with Crippen LogP contribution in [0.3, 0.4) is 0 Å². The van der Waals surface area contributed by atoms with Crippen LogP contribution in [-0.4, -0.2) is 11.6 Å². The first-order valence-corrected chi connectivity index (χ1v) is 8.81. The van der Waals surface area contributed by atoms with Gasteiger partial charge in [-0.1, -0.05) is 66.2 Å². The lowest BCUT2D eigenvalue weighted by Crippen LogP contribution is -2.29. The highest BCUT2D eigenvalue weighted by molar-refractivity contribution is 6.54. The quantitative estimate of drug-likeness (QED) is 0.622. The molecule has 0 aromatic heterocycles. The Morgan fingerprint density at radius 2 is 1.69 bits per heavy atom. The predicted octanol–water partition coefficient (Wildman–Crippen LogP) is 5.32. The number of hydrogen-bond donors (Lipinski definition) is 0. The van der Waals surface area contributed by atoms with Gasteiger partial charge in [0.15, 0.2) is 0 Å². The van der Waals surface area contributed by atoms with E-state index in [1.165, 1.54) is 0 Å². The topological polar surface area (TPSA) is 32.7 Å². The number of carbonyl (C=O) groups is 1. The van der Waals surface area contributed by atoms with Crippen molar-refractivity contribution >= 4 is 34.6 Å². The number of anilines is 1. The second kappa shape index (κ2) is 6.77. The lowest BCUT2D eigenvalue weighted by atomic mass is 10.1. The van der Waals surface area contributed by atoms with Gasteiger partial charge in [-0.25, -0.2) is 4.99 Å². The molecule has 0 atom stereocenters. The summed E-state index contributed by atoms with van der Waals surface area (Å²) < 4.78 is 0. The first-order valence-electron chi connectivity index (χ1n) is 8.43. The van der Waals surface area contributed by atoms with E-state index in [-0.39, 0.29) is 5.91 Å². The zero-order chi connectivity index (χ0) is 18.1. The summed E-state index contributed by atoms with van der Waals surface area (Å²) >= 11 is 6.21. The normalized spacial score (nSPS) is 14.8. The number of hydrogen-bond acceptors (Lipinski definition) is 2. The molecule has 3 aromatic carbocycles. The Hall–Kier alpha value is -2.91. The van der Waals surface area contributed by atoms with E-state index in [1.54, 1.807) is 11.0 Å². The number of amides is 1. The van der Waals surface area contributed by atoms with Gasteiger partial charge in [-0.3, -0.25) is 4.79 Å². The van der Waals surface area contributed by atoms with Crippen LogP contribution < -0.4 is 4.90 Å². The van der Waals surface area contributed by atoms with Gasteiger partial charge in [0.05, 0.1) is 17.9 Å². The highest BCUT2D eigenvalue weighted by Crippen LogP contribution is 2.32. The fraction of sp³-hybridized carbons (Fsp3) is 0.0909. The molecule has 0 fully saturated rings. The van der Waals surface area contributed by atoms with Gasteiger partial charge in [0.2, 0.25) is 0 Å². The smallest absolute Gasteiger partial charge is 0.277 e. The van der Waals surface area contributed by atoms with E-state index in [4.69, 9.17) is 11.6 Å². The Labute approximate surface area is 157 Å². The zero-order valence-corrected chi connectivity index (χ0v) is 15.1. The van der Waals surface area contributed by atoms with Crippen molar-refractivity contribution < 1.29 is 4.79 Å². The minimum absolute atomic E-state index is 0.0910. The minimum Gasteiger partial charge on any atom is -0.302 e. The average molecular weight is 361 g/mol. The summed E-state index contributed by atoms with van der Waals surface area (Å²) in [5.74, 6) is -0.0910. The maximum absolute atomic E-state index is 13.1.